The van der Waals surface area contributed by atoms with E-state index >= 15 is 0 Å². The van der Waals surface area contributed by atoms with Gasteiger partial charge >= 0.3 is 0 Å². The van der Waals surface area contributed by atoms with Gasteiger partial charge in [-0.2, -0.15) is 0 Å². The summed E-state index contributed by atoms with van der Waals surface area (Å²) in [7, 11) is 1.67. The molecular weight excluding hydrogens is 424 g/mol. The molecule has 132 valence electrons. The third-order valence-corrected chi connectivity index (χ3v) is 3.52. The minimum atomic E-state index is -0.337. The number of aromatic nitrogens is 2. The molecule has 2 aromatic rings. The second kappa shape index (κ2) is 10.2. The number of nitrogens with zero attached hydrogens (tertiary/aromatic N) is 3. The Bertz CT molecular complexity index is 653. The monoisotopic (exact) mass is 447 g/mol. The van der Waals surface area contributed by atoms with Crippen LogP contribution in [-0.2, 0) is 25.9 Å². The van der Waals surface area contributed by atoms with E-state index in [0.29, 0.717) is 18.2 Å². The van der Waals surface area contributed by atoms with Crippen LogP contribution in [0.25, 0.3) is 0 Å². The van der Waals surface area contributed by atoms with Crippen LogP contribution in [-0.4, -0.2) is 23.1 Å². The summed E-state index contributed by atoms with van der Waals surface area (Å²) >= 11 is 0. The summed E-state index contributed by atoms with van der Waals surface area (Å²) in [4.78, 5) is 8.14. The first kappa shape index (κ1) is 20.3. The van der Waals surface area contributed by atoms with Gasteiger partial charge in [0.05, 0.1) is 17.9 Å². The highest BCUT2D eigenvalue weighted by Crippen LogP contribution is 2.15. The van der Waals surface area contributed by atoms with Gasteiger partial charge in [-0.3, -0.25) is 9.98 Å². The fraction of sp³-hybridized carbons (Fsp3) is 0.438. The van der Waals surface area contributed by atoms with E-state index in [1.165, 1.54) is 6.07 Å². The van der Waals surface area contributed by atoms with E-state index in [1.807, 2.05) is 13.8 Å². The van der Waals surface area contributed by atoms with Crippen LogP contribution < -0.4 is 10.6 Å². The Balaban J connectivity index is 0.00000288. The normalized spacial score (nSPS) is 11.1. The highest BCUT2D eigenvalue weighted by molar-refractivity contribution is 14.0. The molecule has 0 aliphatic heterocycles. The SMILES string of the molecule is CCc1noc(CC)c1CNC(=NC)NCc1ncccc1F.I. The fourth-order valence-corrected chi connectivity index (χ4v) is 2.25. The highest BCUT2D eigenvalue weighted by atomic mass is 127. The molecule has 2 heterocycles. The van der Waals surface area contributed by atoms with Gasteiger partial charge in [-0.05, 0) is 18.6 Å². The molecule has 0 radical (unpaired) electrons. The molecule has 0 bridgehead atoms. The zero-order valence-corrected chi connectivity index (χ0v) is 16.4. The smallest absolute Gasteiger partial charge is 0.191 e. The number of rotatable bonds is 6. The summed E-state index contributed by atoms with van der Waals surface area (Å²) in [5.41, 5.74) is 2.35. The number of aryl methyl sites for hydroxylation is 2. The van der Waals surface area contributed by atoms with Gasteiger partial charge in [-0.15, -0.1) is 24.0 Å². The van der Waals surface area contributed by atoms with E-state index in [2.05, 4.69) is 25.8 Å². The van der Waals surface area contributed by atoms with Crippen LogP contribution in [0.5, 0.6) is 0 Å². The zero-order chi connectivity index (χ0) is 16.7. The molecule has 0 saturated heterocycles. The van der Waals surface area contributed by atoms with Crippen LogP contribution in [0.1, 0.15) is 36.6 Å². The average Bonchev–Trinajstić information content (AvgIpc) is 2.98. The van der Waals surface area contributed by atoms with Crippen LogP contribution in [0.3, 0.4) is 0 Å². The largest absolute Gasteiger partial charge is 0.361 e. The predicted octanol–water partition coefficient (Wildman–Crippen LogP) is 2.82. The minimum absolute atomic E-state index is 0. The number of aliphatic imine (C=N–C) groups is 1. The van der Waals surface area contributed by atoms with Crippen LogP contribution >= 0.6 is 24.0 Å². The molecule has 0 aliphatic rings. The Hall–Kier alpha value is -1.71. The van der Waals surface area contributed by atoms with Gasteiger partial charge in [0.15, 0.2) is 5.96 Å². The van der Waals surface area contributed by atoms with E-state index < -0.39 is 0 Å². The first-order valence-corrected chi connectivity index (χ1v) is 7.69. The maximum absolute atomic E-state index is 13.6. The minimum Gasteiger partial charge on any atom is -0.361 e. The average molecular weight is 447 g/mol. The van der Waals surface area contributed by atoms with Crippen LogP contribution in [0.4, 0.5) is 4.39 Å². The molecule has 0 spiro atoms. The fourth-order valence-electron chi connectivity index (χ4n) is 2.25. The first-order chi connectivity index (χ1) is 11.2. The lowest BCUT2D eigenvalue weighted by molar-refractivity contribution is 0.380. The molecule has 2 aromatic heterocycles. The van der Waals surface area contributed by atoms with Crippen molar-refractivity contribution >= 4 is 29.9 Å². The molecular formula is C16H23FIN5O. The molecule has 0 atom stereocenters. The third-order valence-electron chi connectivity index (χ3n) is 3.52. The Morgan fingerprint density at radius 1 is 1.21 bits per heavy atom. The lowest BCUT2D eigenvalue weighted by Crippen LogP contribution is -2.37. The molecule has 0 saturated carbocycles. The summed E-state index contributed by atoms with van der Waals surface area (Å²) in [5, 5.41) is 10.3. The van der Waals surface area contributed by atoms with Crippen molar-refractivity contribution in [3.8, 4) is 0 Å². The van der Waals surface area contributed by atoms with E-state index in [4.69, 9.17) is 4.52 Å². The van der Waals surface area contributed by atoms with Gasteiger partial charge in [0.2, 0.25) is 0 Å². The van der Waals surface area contributed by atoms with Gasteiger partial charge in [-0.1, -0.05) is 19.0 Å². The van der Waals surface area contributed by atoms with Crippen LogP contribution in [0, 0.1) is 5.82 Å². The Morgan fingerprint density at radius 2 is 1.96 bits per heavy atom. The van der Waals surface area contributed by atoms with E-state index in [-0.39, 0.29) is 36.3 Å². The Labute approximate surface area is 158 Å². The molecule has 8 heteroatoms. The van der Waals surface area contributed by atoms with Crippen molar-refractivity contribution in [3.63, 3.8) is 0 Å². The Morgan fingerprint density at radius 3 is 2.58 bits per heavy atom. The van der Waals surface area contributed by atoms with Gasteiger partial charge in [0, 0.05) is 31.8 Å². The van der Waals surface area contributed by atoms with Crippen molar-refractivity contribution in [1.29, 1.82) is 0 Å². The van der Waals surface area contributed by atoms with E-state index in [1.54, 1.807) is 19.3 Å². The summed E-state index contributed by atoms with van der Waals surface area (Å²) in [6.07, 6.45) is 3.16. The Kier molecular flexibility index (Phi) is 8.66. The van der Waals surface area contributed by atoms with Crippen molar-refractivity contribution in [3.05, 3.63) is 46.9 Å². The summed E-state index contributed by atoms with van der Waals surface area (Å²) < 4.78 is 18.9. The van der Waals surface area contributed by atoms with Crippen LogP contribution in [0.2, 0.25) is 0 Å². The standard InChI is InChI=1S/C16H22FN5O.HI/c1-4-13-11(15(5-2)23-22-13)9-20-16(18-3)21-10-14-12(17)7-6-8-19-14;/h6-8H,4-5,9-10H2,1-3H3,(H2,18,20,21);1H. The number of hydrogen-bond donors (Lipinski definition) is 2. The van der Waals surface area contributed by atoms with E-state index in [0.717, 1.165) is 29.9 Å². The quantitative estimate of drug-likeness (QED) is 0.405. The number of pyridine rings is 1. The summed E-state index contributed by atoms with van der Waals surface area (Å²) in [5.74, 6) is 1.11. The summed E-state index contributed by atoms with van der Waals surface area (Å²) in [6.45, 7) is 4.88. The lowest BCUT2D eigenvalue weighted by Gasteiger charge is -2.12. The van der Waals surface area contributed by atoms with Gasteiger partial charge in [-0.25, -0.2) is 4.39 Å². The second-order valence-corrected chi connectivity index (χ2v) is 4.95. The van der Waals surface area contributed by atoms with Crippen LogP contribution in [0.15, 0.2) is 27.8 Å². The number of halogens is 2. The predicted molar refractivity (Wildman–Crippen MR) is 102 cm³/mol. The number of guanidine groups is 1. The van der Waals surface area contributed by atoms with Crippen molar-refractivity contribution in [2.24, 2.45) is 4.99 Å². The van der Waals surface area contributed by atoms with Crippen molar-refractivity contribution in [1.82, 2.24) is 20.8 Å². The topological polar surface area (TPSA) is 75.3 Å². The van der Waals surface area contributed by atoms with Crippen molar-refractivity contribution < 1.29 is 8.91 Å². The molecule has 0 fully saturated rings. The second-order valence-electron chi connectivity index (χ2n) is 4.95. The number of hydrogen-bond acceptors (Lipinski definition) is 4. The van der Waals surface area contributed by atoms with Gasteiger partial charge in [0.25, 0.3) is 0 Å². The molecule has 2 N–H and O–H groups in total. The maximum atomic E-state index is 13.6. The lowest BCUT2D eigenvalue weighted by atomic mass is 10.1. The van der Waals surface area contributed by atoms with Gasteiger partial charge in [0.1, 0.15) is 11.6 Å². The third kappa shape index (κ3) is 5.15. The molecule has 0 aliphatic carbocycles. The zero-order valence-electron chi connectivity index (χ0n) is 14.1. The van der Waals surface area contributed by atoms with Gasteiger partial charge < -0.3 is 15.2 Å². The molecule has 0 aromatic carbocycles. The molecule has 6 nitrogen and oxygen atoms in total. The molecule has 0 unspecified atom stereocenters. The maximum Gasteiger partial charge on any atom is 0.191 e. The van der Waals surface area contributed by atoms with E-state index in [9.17, 15) is 4.39 Å². The molecule has 2 rings (SSSR count). The highest BCUT2D eigenvalue weighted by Gasteiger charge is 2.13. The van der Waals surface area contributed by atoms with Crippen molar-refractivity contribution in [2.45, 2.75) is 39.8 Å². The van der Waals surface area contributed by atoms with Crippen molar-refractivity contribution in [2.75, 3.05) is 7.05 Å². The molecule has 24 heavy (non-hydrogen) atoms. The molecule has 0 amide bonds. The number of nitrogens with one attached hydrogen (secondary N) is 2. The first-order valence-electron chi connectivity index (χ1n) is 7.69. The summed E-state index contributed by atoms with van der Waals surface area (Å²) in [6, 6.07) is 2.95.